The summed E-state index contributed by atoms with van der Waals surface area (Å²) in [6.45, 7) is 7.97. The number of piperidine rings is 1. The maximum Gasteiger partial charge on any atom is 0.271 e. The standard InChI is InChI=1S/C32H44N10O3/c1-40-14-16-41(17-15-40)22-6-12-42(13-7-22)24-4-3-21(19-25(24)44-2)35-31-28(29(33)43)37-27(23-5-11-34-39-23)30(38-31)36-26-8-18-45-20-32(26)9-10-32/h3-5,11,19,22,26H,6-10,12-18,20H2,1-2H3,(H2,33,43)(H,34,39)(H2,35,36,38). The number of carbonyl (C=O) groups excluding carboxylic acids is 1. The van der Waals surface area contributed by atoms with Gasteiger partial charge in [-0.3, -0.25) is 14.8 Å². The topological polar surface area (TPSA) is 150 Å². The lowest BCUT2D eigenvalue weighted by molar-refractivity contribution is 0.0351. The molecule has 1 aliphatic carbocycles. The first kappa shape index (κ1) is 29.8. The zero-order chi connectivity index (χ0) is 31.0. The van der Waals surface area contributed by atoms with Gasteiger partial charge in [-0.2, -0.15) is 5.10 Å². The summed E-state index contributed by atoms with van der Waals surface area (Å²) >= 11 is 0. The van der Waals surface area contributed by atoms with Crippen molar-refractivity contribution in [1.29, 1.82) is 0 Å². The van der Waals surface area contributed by atoms with Gasteiger partial charge in [0, 0.05) is 81.3 Å². The first-order valence-electron chi connectivity index (χ1n) is 16.1. The number of amides is 1. The van der Waals surface area contributed by atoms with Gasteiger partial charge in [0.1, 0.15) is 17.1 Å². The number of likely N-dealkylation sites (N-methyl/N-ethyl adjacent to an activating group) is 1. The fraction of sp³-hybridized carbons (Fsp3) is 0.562. The Balaban J connectivity index is 1.12. The molecule has 1 aromatic carbocycles. The molecule has 45 heavy (non-hydrogen) atoms. The molecule has 3 aromatic rings. The van der Waals surface area contributed by atoms with E-state index in [0.29, 0.717) is 29.9 Å². The third-order valence-electron chi connectivity index (χ3n) is 10.1. The molecule has 0 bridgehead atoms. The number of piperazine rings is 1. The molecule has 1 amide bonds. The Kier molecular flexibility index (Phi) is 8.23. The van der Waals surface area contributed by atoms with E-state index in [1.165, 1.54) is 0 Å². The number of carbonyl (C=O) groups is 1. The highest BCUT2D eigenvalue weighted by Crippen LogP contribution is 2.52. The van der Waals surface area contributed by atoms with E-state index in [2.05, 4.69) is 48.6 Å². The predicted molar refractivity (Wildman–Crippen MR) is 173 cm³/mol. The van der Waals surface area contributed by atoms with Gasteiger partial charge < -0.3 is 35.6 Å². The van der Waals surface area contributed by atoms with Crippen LogP contribution in [0, 0.1) is 5.41 Å². The van der Waals surface area contributed by atoms with Gasteiger partial charge >= 0.3 is 0 Å². The van der Waals surface area contributed by atoms with Crippen molar-refractivity contribution < 1.29 is 14.3 Å². The number of benzene rings is 1. The number of nitrogens with zero attached hydrogens (tertiary/aromatic N) is 6. The number of nitrogens with two attached hydrogens (primary N) is 1. The molecule has 13 nitrogen and oxygen atoms in total. The Hall–Kier alpha value is -3.94. The molecule has 3 saturated heterocycles. The van der Waals surface area contributed by atoms with Crippen molar-refractivity contribution in [3.8, 4) is 17.1 Å². The van der Waals surface area contributed by atoms with Crippen molar-refractivity contribution in [2.75, 3.05) is 82.2 Å². The van der Waals surface area contributed by atoms with Crippen LogP contribution in [0.5, 0.6) is 5.75 Å². The molecule has 4 fully saturated rings. The molecule has 1 unspecified atom stereocenters. The summed E-state index contributed by atoms with van der Waals surface area (Å²) in [5, 5.41) is 14.1. The van der Waals surface area contributed by atoms with Crippen LogP contribution in [-0.4, -0.2) is 115 Å². The molecule has 0 radical (unpaired) electrons. The van der Waals surface area contributed by atoms with Gasteiger partial charge in [-0.1, -0.05) is 0 Å². The lowest BCUT2D eigenvalue weighted by atomic mass is 9.92. The quantitative estimate of drug-likeness (QED) is 0.281. The Bertz CT molecular complexity index is 1500. The van der Waals surface area contributed by atoms with Crippen LogP contribution < -0.4 is 26.0 Å². The lowest BCUT2D eigenvalue weighted by Gasteiger charge is -2.42. The van der Waals surface area contributed by atoms with Crippen LogP contribution in [0.2, 0.25) is 0 Å². The van der Waals surface area contributed by atoms with Crippen LogP contribution in [0.1, 0.15) is 42.6 Å². The Morgan fingerprint density at radius 2 is 1.87 bits per heavy atom. The minimum Gasteiger partial charge on any atom is -0.495 e. The van der Waals surface area contributed by atoms with Crippen LogP contribution in [0.4, 0.5) is 23.0 Å². The number of rotatable bonds is 9. The maximum absolute atomic E-state index is 12.7. The molecule has 5 heterocycles. The number of ether oxygens (including phenoxy) is 2. The number of hydrogen-bond donors (Lipinski definition) is 4. The summed E-state index contributed by atoms with van der Waals surface area (Å²) in [4.78, 5) is 29.8. The molecule has 13 heteroatoms. The zero-order valence-electron chi connectivity index (χ0n) is 26.2. The minimum absolute atomic E-state index is 0.0423. The lowest BCUT2D eigenvalue weighted by Crippen LogP contribution is -2.52. The number of H-pyrrole nitrogens is 1. The number of primary amides is 1. The zero-order valence-corrected chi connectivity index (χ0v) is 26.2. The fourth-order valence-corrected chi connectivity index (χ4v) is 7.11. The molecule has 1 spiro atoms. The normalized spacial score (nSPS) is 22.4. The molecular weight excluding hydrogens is 572 g/mol. The Labute approximate surface area is 263 Å². The van der Waals surface area contributed by atoms with Crippen LogP contribution in [0.25, 0.3) is 11.4 Å². The van der Waals surface area contributed by atoms with Gasteiger partial charge in [0.25, 0.3) is 5.91 Å². The highest BCUT2D eigenvalue weighted by atomic mass is 16.5. The van der Waals surface area contributed by atoms with Crippen LogP contribution in [0.15, 0.2) is 30.5 Å². The van der Waals surface area contributed by atoms with E-state index in [1.807, 2.05) is 18.2 Å². The summed E-state index contributed by atoms with van der Waals surface area (Å²) in [5.74, 6) is 0.921. The molecule has 240 valence electrons. The highest BCUT2D eigenvalue weighted by Gasteiger charge is 2.51. The molecule has 3 aliphatic heterocycles. The van der Waals surface area contributed by atoms with E-state index in [9.17, 15) is 4.79 Å². The van der Waals surface area contributed by atoms with Crippen LogP contribution in [0.3, 0.4) is 0 Å². The van der Waals surface area contributed by atoms with Crippen LogP contribution >= 0.6 is 0 Å². The van der Waals surface area contributed by atoms with Gasteiger partial charge in [0.05, 0.1) is 19.4 Å². The Morgan fingerprint density at radius 3 is 2.56 bits per heavy atom. The third-order valence-corrected chi connectivity index (χ3v) is 10.1. The highest BCUT2D eigenvalue weighted by molar-refractivity contribution is 5.97. The van der Waals surface area contributed by atoms with E-state index in [0.717, 1.165) is 95.1 Å². The van der Waals surface area contributed by atoms with E-state index in [4.69, 9.17) is 25.2 Å². The van der Waals surface area contributed by atoms with Crippen molar-refractivity contribution in [2.45, 2.75) is 44.2 Å². The molecule has 5 N–H and O–H groups in total. The van der Waals surface area contributed by atoms with Crippen molar-refractivity contribution in [3.63, 3.8) is 0 Å². The van der Waals surface area contributed by atoms with Crippen LogP contribution in [-0.2, 0) is 4.74 Å². The van der Waals surface area contributed by atoms with E-state index < -0.39 is 5.91 Å². The Morgan fingerprint density at radius 1 is 1.07 bits per heavy atom. The molecular formula is C32H44N10O3. The average molecular weight is 617 g/mol. The number of anilines is 4. The SMILES string of the molecule is COc1cc(Nc2nc(NC3CCOCC34CC4)c(-c3cc[nH]n3)nc2C(N)=O)ccc1N1CCC(N2CCN(C)CC2)CC1. The monoisotopic (exact) mass is 616 g/mol. The van der Waals surface area contributed by atoms with Gasteiger partial charge in [0.2, 0.25) is 0 Å². The fourth-order valence-electron chi connectivity index (χ4n) is 7.11. The predicted octanol–water partition coefficient (Wildman–Crippen LogP) is 2.92. The molecule has 7 rings (SSSR count). The van der Waals surface area contributed by atoms with Gasteiger partial charge in [0.15, 0.2) is 17.3 Å². The van der Waals surface area contributed by atoms with E-state index in [-0.39, 0.29) is 23.0 Å². The second kappa shape index (κ2) is 12.5. The summed E-state index contributed by atoms with van der Waals surface area (Å²) in [6, 6.07) is 8.64. The maximum atomic E-state index is 12.7. The summed E-state index contributed by atoms with van der Waals surface area (Å²) in [5.41, 5.74) is 8.84. The second-order valence-electron chi connectivity index (χ2n) is 12.9. The number of aromatic amines is 1. The van der Waals surface area contributed by atoms with Crippen molar-refractivity contribution >= 4 is 28.9 Å². The summed E-state index contributed by atoms with van der Waals surface area (Å²) < 4.78 is 11.7. The number of methoxy groups -OCH3 is 1. The van der Waals surface area contributed by atoms with E-state index in [1.54, 1.807) is 13.3 Å². The average Bonchev–Trinajstić information content (AvgIpc) is 3.61. The summed E-state index contributed by atoms with van der Waals surface area (Å²) in [6.07, 6.45) is 7.08. The second-order valence-corrected chi connectivity index (χ2v) is 12.9. The molecule has 1 atom stereocenters. The summed E-state index contributed by atoms with van der Waals surface area (Å²) in [7, 11) is 3.89. The number of nitrogens with one attached hydrogen (secondary N) is 3. The number of aromatic nitrogens is 4. The minimum atomic E-state index is -0.676. The van der Waals surface area contributed by atoms with Crippen molar-refractivity contribution in [3.05, 3.63) is 36.2 Å². The van der Waals surface area contributed by atoms with Gasteiger partial charge in [-0.25, -0.2) is 9.97 Å². The molecule has 4 aliphatic rings. The first-order valence-corrected chi connectivity index (χ1v) is 16.1. The molecule has 1 saturated carbocycles. The van der Waals surface area contributed by atoms with Gasteiger partial charge in [-0.05, 0) is 57.4 Å². The largest absolute Gasteiger partial charge is 0.495 e. The van der Waals surface area contributed by atoms with E-state index >= 15 is 0 Å². The van der Waals surface area contributed by atoms with Gasteiger partial charge in [-0.15, -0.1) is 0 Å². The number of hydrogen-bond acceptors (Lipinski definition) is 11. The third kappa shape index (κ3) is 6.16. The van der Waals surface area contributed by atoms with Crippen molar-refractivity contribution in [1.82, 2.24) is 30.0 Å². The smallest absolute Gasteiger partial charge is 0.271 e. The first-order chi connectivity index (χ1) is 21.9. The van der Waals surface area contributed by atoms with Crippen molar-refractivity contribution in [2.24, 2.45) is 11.1 Å². The molecule has 2 aromatic heterocycles.